The summed E-state index contributed by atoms with van der Waals surface area (Å²) in [6.45, 7) is 2.43. The Bertz CT molecular complexity index is 1310. The van der Waals surface area contributed by atoms with Gasteiger partial charge in [-0.1, -0.05) is 6.07 Å². The third kappa shape index (κ3) is 5.10. The van der Waals surface area contributed by atoms with Crippen LogP contribution in [0.1, 0.15) is 35.1 Å². The highest BCUT2D eigenvalue weighted by Gasteiger charge is 2.36. The third-order valence-electron chi connectivity index (χ3n) is 5.39. The number of furan rings is 2. The highest BCUT2D eigenvalue weighted by molar-refractivity contribution is 7.89. The van der Waals surface area contributed by atoms with E-state index in [1.54, 1.807) is 37.3 Å². The van der Waals surface area contributed by atoms with Crippen molar-refractivity contribution in [3.05, 3.63) is 77.6 Å². The molecule has 0 saturated heterocycles. The third-order valence-corrected chi connectivity index (χ3v) is 6.79. The van der Waals surface area contributed by atoms with Gasteiger partial charge in [-0.05, 0) is 61.4 Å². The lowest BCUT2D eigenvalue weighted by atomic mass is 10.1. The van der Waals surface area contributed by atoms with Crippen LogP contribution in [0.2, 0.25) is 0 Å². The highest BCUT2D eigenvalue weighted by atomic mass is 32.2. The molecular formula is C23H23N3O7S. The first-order valence-electron chi connectivity index (χ1n) is 10.4. The number of esters is 1. The number of hydrogen-bond acceptors (Lipinski definition) is 8. The van der Waals surface area contributed by atoms with E-state index in [0.29, 0.717) is 23.7 Å². The van der Waals surface area contributed by atoms with Crippen LogP contribution in [-0.2, 0) is 24.3 Å². The fourth-order valence-electron chi connectivity index (χ4n) is 3.41. The van der Waals surface area contributed by atoms with Crippen LogP contribution in [0.25, 0.3) is 0 Å². The minimum Gasteiger partial charge on any atom is -0.467 e. The minimum absolute atomic E-state index is 0.0395. The molecule has 10 nitrogen and oxygen atoms in total. The second-order valence-electron chi connectivity index (χ2n) is 7.73. The molecule has 1 N–H and O–H groups in total. The Morgan fingerprint density at radius 1 is 1.12 bits per heavy atom. The van der Waals surface area contributed by atoms with Gasteiger partial charge >= 0.3 is 5.97 Å². The van der Waals surface area contributed by atoms with Gasteiger partial charge in [0, 0.05) is 6.42 Å². The Hall–Kier alpha value is -3.70. The Morgan fingerprint density at radius 2 is 1.88 bits per heavy atom. The van der Waals surface area contributed by atoms with Crippen LogP contribution in [0.5, 0.6) is 0 Å². The van der Waals surface area contributed by atoms with Crippen molar-refractivity contribution >= 4 is 27.6 Å². The van der Waals surface area contributed by atoms with Crippen LogP contribution < -0.4 is 4.72 Å². The van der Waals surface area contributed by atoms with Crippen LogP contribution in [0.3, 0.4) is 0 Å². The van der Waals surface area contributed by atoms with E-state index in [4.69, 9.17) is 13.6 Å². The summed E-state index contributed by atoms with van der Waals surface area (Å²) in [6, 6.07) is 11.0. The average Bonchev–Trinajstić information content (AvgIpc) is 3.58. The standard InChI is InChI=1S/C23H23N3O7S/c1-15-7-8-17(11-16(15)2)34(29,30)24-13-23(28)33-14-22(27)26-19(21-6-4-10-32-21)12-18(25-26)20-5-3-9-31-20/h3-11,19,24H,12-14H2,1-2H3/t19-/m1/s1. The van der Waals surface area contributed by atoms with Crippen molar-refractivity contribution in [3.63, 3.8) is 0 Å². The molecule has 2 aromatic heterocycles. The molecule has 0 saturated carbocycles. The molecule has 1 amide bonds. The Morgan fingerprint density at radius 3 is 2.56 bits per heavy atom. The molecule has 0 unspecified atom stereocenters. The van der Waals surface area contributed by atoms with Gasteiger partial charge in [0.2, 0.25) is 10.0 Å². The molecule has 4 rings (SSSR count). The molecule has 34 heavy (non-hydrogen) atoms. The molecule has 0 radical (unpaired) electrons. The van der Waals surface area contributed by atoms with Gasteiger partial charge in [0.25, 0.3) is 5.91 Å². The highest BCUT2D eigenvalue weighted by Crippen LogP contribution is 2.33. The number of hydrazone groups is 1. The van der Waals surface area contributed by atoms with E-state index in [1.807, 2.05) is 6.92 Å². The molecule has 0 fully saturated rings. The van der Waals surface area contributed by atoms with E-state index >= 15 is 0 Å². The number of hydrogen-bond donors (Lipinski definition) is 1. The maximum absolute atomic E-state index is 12.8. The Balaban J connectivity index is 1.37. The number of rotatable bonds is 8. The Labute approximate surface area is 196 Å². The molecule has 3 heterocycles. The first-order chi connectivity index (χ1) is 16.2. The van der Waals surface area contributed by atoms with Gasteiger partial charge in [0.15, 0.2) is 6.61 Å². The number of sulfonamides is 1. The second-order valence-corrected chi connectivity index (χ2v) is 9.50. The van der Waals surface area contributed by atoms with E-state index in [2.05, 4.69) is 9.82 Å². The van der Waals surface area contributed by atoms with Gasteiger partial charge in [0.05, 0.1) is 17.4 Å². The summed E-state index contributed by atoms with van der Waals surface area (Å²) in [5.74, 6) is -0.450. The first kappa shape index (κ1) is 23.5. The molecule has 1 aromatic carbocycles. The van der Waals surface area contributed by atoms with Gasteiger partial charge < -0.3 is 13.6 Å². The molecule has 0 aliphatic carbocycles. The SMILES string of the molecule is Cc1ccc(S(=O)(=O)NCC(=O)OCC(=O)N2N=C(c3ccco3)C[C@@H]2c2ccco2)cc1C. The number of ether oxygens (including phenoxy) is 1. The maximum atomic E-state index is 12.8. The number of nitrogens with one attached hydrogen (secondary N) is 1. The van der Waals surface area contributed by atoms with Crippen LogP contribution in [0, 0.1) is 13.8 Å². The predicted molar refractivity (Wildman–Crippen MR) is 120 cm³/mol. The molecule has 178 valence electrons. The lowest BCUT2D eigenvalue weighted by Crippen LogP contribution is -2.34. The van der Waals surface area contributed by atoms with Crippen molar-refractivity contribution in [2.45, 2.75) is 31.2 Å². The van der Waals surface area contributed by atoms with E-state index in [9.17, 15) is 18.0 Å². The van der Waals surface area contributed by atoms with Crippen molar-refractivity contribution in [2.24, 2.45) is 5.10 Å². The molecule has 1 atom stereocenters. The monoisotopic (exact) mass is 485 g/mol. The molecule has 3 aromatic rings. The number of carbonyl (C=O) groups excluding carboxylic acids is 2. The van der Waals surface area contributed by atoms with E-state index in [-0.39, 0.29) is 4.90 Å². The lowest BCUT2D eigenvalue weighted by molar-refractivity contribution is -0.152. The molecule has 1 aliphatic heterocycles. The van der Waals surface area contributed by atoms with Crippen LogP contribution >= 0.6 is 0 Å². The number of aryl methyl sites for hydroxylation is 2. The van der Waals surface area contributed by atoms with E-state index < -0.39 is 41.1 Å². The topological polar surface area (TPSA) is 131 Å². The van der Waals surface area contributed by atoms with Crippen LogP contribution in [0.15, 0.2) is 73.8 Å². The van der Waals surface area contributed by atoms with Crippen molar-refractivity contribution in [3.8, 4) is 0 Å². The Kier molecular flexibility index (Phi) is 6.66. The largest absolute Gasteiger partial charge is 0.467 e. The first-order valence-corrected chi connectivity index (χ1v) is 11.9. The summed E-state index contributed by atoms with van der Waals surface area (Å²) in [5.41, 5.74) is 2.30. The zero-order valence-electron chi connectivity index (χ0n) is 18.6. The number of benzene rings is 1. The van der Waals surface area contributed by atoms with Crippen LogP contribution in [0.4, 0.5) is 0 Å². The number of nitrogens with zero attached hydrogens (tertiary/aromatic N) is 2. The minimum atomic E-state index is -3.91. The fraction of sp³-hybridized carbons (Fsp3) is 0.261. The zero-order chi connectivity index (χ0) is 24.3. The lowest BCUT2D eigenvalue weighted by Gasteiger charge is -2.19. The molecule has 0 spiro atoms. The summed E-state index contributed by atoms with van der Waals surface area (Å²) >= 11 is 0. The quantitative estimate of drug-likeness (QED) is 0.485. The van der Waals surface area contributed by atoms with Crippen molar-refractivity contribution in [1.82, 2.24) is 9.73 Å². The molecular weight excluding hydrogens is 462 g/mol. The van der Waals surface area contributed by atoms with E-state index in [1.165, 1.54) is 29.7 Å². The van der Waals surface area contributed by atoms with Crippen molar-refractivity contribution < 1.29 is 31.6 Å². The van der Waals surface area contributed by atoms with Crippen LogP contribution in [-0.4, -0.2) is 44.2 Å². The maximum Gasteiger partial charge on any atom is 0.321 e. The summed E-state index contributed by atoms with van der Waals surface area (Å²) in [7, 11) is -3.91. The average molecular weight is 486 g/mol. The number of carbonyl (C=O) groups is 2. The second kappa shape index (κ2) is 9.65. The van der Waals surface area contributed by atoms with Gasteiger partial charge in [-0.2, -0.15) is 9.82 Å². The molecule has 11 heteroatoms. The van der Waals surface area contributed by atoms with Gasteiger partial charge in [-0.25, -0.2) is 13.4 Å². The summed E-state index contributed by atoms with van der Waals surface area (Å²) in [4.78, 5) is 25.0. The van der Waals surface area contributed by atoms with Gasteiger partial charge in [-0.3, -0.25) is 9.59 Å². The predicted octanol–water partition coefficient (Wildman–Crippen LogP) is 2.69. The normalized spacial score (nSPS) is 15.9. The summed E-state index contributed by atoms with van der Waals surface area (Å²) in [5, 5.41) is 5.51. The van der Waals surface area contributed by atoms with E-state index in [0.717, 1.165) is 11.1 Å². The summed E-state index contributed by atoms with van der Waals surface area (Å²) in [6.07, 6.45) is 3.35. The molecule has 0 bridgehead atoms. The van der Waals surface area contributed by atoms with Gasteiger partial charge in [0.1, 0.15) is 29.8 Å². The summed E-state index contributed by atoms with van der Waals surface area (Å²) < 4.78 is 42.9. The van der Waals surface area contributed by atoms with Crippen molar-refractivity contribution in [2.75, 3.05) is 13.2 Å². The van der Waals surface area contributed by atoms with Gasteiger partial charge in [-0.15, -0.1) is 0 Å². The fourth-order valence-corrected chi connectivity index (χ4v) is 4.47. The zero-order valence-corrected chi connectivity index (χ0v) is 19.4. The molecule has 1 aliphatic rings. The van der Waals surface area contributed by atoms with Crippen molar-refractivity contribution in [1.29, 1.82) is 0 Å². The smallest absolute Gasteiger partial charge is 0.321 e. The number of amides is 1.